The summed E-state index contributed by atoms with van der Waals surface area (Å²) in [6.45, 7) is 5.69. The van der Waals surface area contributed by atoms with Crippen molar-refractivity contribution in [2.45, 2.75) is 38.6 Å². The molecule has 0 spiro atoms. The van der Waals surface area contributed by atoms with Crippen LogP contribution in [0.2, 0.25) is 0 Å². The fraction of sp³-hybridized carbons (Fsp3) is 0.571. The largest absolute Gasteiger partial charge is 0.368 e. The van der Waals surface area contributed by atoms with Crippen molar-refractivity contribution in [2.24, 2.45) is 5.92 Å². The second-order valence-corrected chi connectivity index (χ2v) is 6.31. The number of hydrogen-bond acceptors (Lipinski definition) is 1. The SMILES string of the molecule is CC(C)CN(c1ccc(CCl)c(Br)c1)C1CC1. The molecule has 3 heteroatoms. The van der Waals surface area contributed by atoms with Gasteiger partial charge in [-0.1, -0.05) is 35.8 Å². The van der Waals surface area contributed by atoms with E-state index < -0.39 is 0 Å². The van der Waals surface area contributed by atoms with Gasteiger partial charge in [0.25, 0.3) is 0 Å². The Labute approximate surface area is 117 Å². The second-order valence-electron chi connectivity index (χ2n) is 5.19. The highest BCUT2D eigenvalue weighted by atomic mass is 79.9. The molecule has 1 fully saturated rings. The molecule has 0 unspecified atom stereocenters. The molecule has 0 saturated heterocycles. The zero-order chi connectivity index (χ0) is 12.4. The van der Waals surface area contributed by atoms with Gasteiger partial charge in [-0.15, -0.1) is 11.6 Å². The van der Waals surface area contributed by atoms with Crippen LogP contribution in [-0.2, 0) is 5.88 Å². The van der Waals surface area contributed by atoms with Gasteiger partial charge in [-0.05, 0) is 36.5 Å². The van der Waals surface area contributed by atoms with E-state index in [0.29, 0.717) is 11.8 Å². The van der Waals surface area contributed by atoms with Gasteiger partial charge in [-0.3, -0.25) is 0 Å². The van der Waals surface area contributed by atoms with Crippen LogP contribution in [0, 0.1) is 5.92 Å². The van der Waals surface area contributed by atoms with Crippen LogP contribution in [0.15, 0.2) is 22.7 Å². The molecule has 1 aliphatic carbocycles. The normalized spacial score (nSPS) is 15.4. The average Bonchev–Trinajstić information content (AvgIpc) is 3.09. The van der Waals surface area contributed by atoms with Gasteiger partial charge < -0.3 is 4.90 Å². The first kappa shape index (κ1) is 13.2. The van der Waals surface area contributed by atoms with Crippen LogP contribution in [0.1, 0.15) is 32.3 Å². The molecule has 0 amide bonds. The number of hydrogen-bond donors (Lipinski definition) is 0. The minimum Gasteiger partial charge on any atom is -0.368 e. The van der Waals surface area contributed by atoms with Crippen LogP contribution in [0.25, 0.3) is 0 Å². The quantitative estimate of drug-likeness (QED) is 0.704. The van der Waals surface area contributed by atoms with E-state index in [1.807, 2.05) is 0 Å². The van der Waals surface area contributed by atoms with Crippen LogP contribution >= 0.6 is 27.5 Å². The number of nitrogens with zero attached hydrogens (tertiary/aromatic N) is 1. The molecule has 0 bridgehead atoms. The molecule has 1 aromatic rings. The van der Waals surface area contributed by atoms with Crippen molar-refractivity contribution in [3.8, 4) is 0 Å². The Morgan fingerprint density at radius 3 is 2.59 bits per heavy atom. The molecule has 1 aromatic carbocycles. The van der Waals surface area contributed by atoms with E-state index in [1.54, 1.807) is 0 Å². The highest BCUT2D eigenvalue weighted by Crippen LogP contribution is 2.34. The van der Waals surface area contributed by atoms with Crippen LogP contribution in [0.3, 0.4) is 0 Å². The molecular weight excluding hydrogens is 298 g/mol. The molecule has 0 atom stereocenters. The smallest absolute Gasteiger partial charge is 0.0485 e. The summed E-state index contributed by atoms with van der Waals surface area (Å²) in [7, 11) is 0. The van der Waals surface area contributed by atoms with E-state index in [-0.39, 0.29) is 0 Å². The topological polar surface area (TPSA) is 3.24 Å². The zero-order valence-electron chi connectivity index (χ0n) is 10.4. The van der Waals surface area contributed by atoms with Gasteiger partial charge in [0, 0.05) is 28.6 Å². The van der Waals surface area contributed by atoms with Gasteiger partial charge in [0.05, 0.1) is 0 Å². The predicted molar refractivity (Wildman–Crippen MR) is 78.9 cm³/mol. The first-order chi connectivity index (χ1) is 8.11. The lowest BCUT2D eigenvalue weighted by molar-refractivity contribution is 0.607. The van der Waals surface area contributed by atoms with Gasteiger partial charge in [0.1, 0.15) is 0 Å². The number of rotatable bonds is 5. The summed E-state index contributed by atoms with van der Waals surface area (Å²) in [5, 5.41) is 0. The summed E-state index contributed by atoms with van der Waals surface area (Å²) in [4.78, 5) is 2.54. The van der Waals surface area contributed by atoms with Gasteiger partial charge >= 0.3 is 0 Å². The van der Waals surface area contributed by atoms with E-state index in [4.69, 9.17) is 11.6 Å². The molecule has 1 aliphatic rings. The van der Waals surface area contributed by atoms with Crippen LogP contribution < -0.4 is 4.90 Å². The Balaban J connectivity index is 2.20. The Bertz CT molecular complexity index is 388. The van der Waals surface area contributed by atoms with Crippen LogP contribution in [0.4, 0.5) is 5.69 Å². The van der Waals surface area contributed by atoms with Crippen molar-refractivity contribution in [1.29, 1.82) is 0 Å². The third-order valence-corrected chi connectivity index (χ3v) is 4.09. The van der Waals surface area contributed by atoms with Crippen LogP contribution in [0.5, 0.6) is 0 Å². The minimum atomic E-state index is 0.564. The molecule has 2 rings (SSSR count). The molecule has 1 saturated carbocycles. The van der Waals surface area contributed by atoms with Crippen molar-refractivity contribution >= 4 is 33.2 Å². The lowest BCUT2D eigenvalue weighted by Gasteiger charge is -2.27. The number of benzene rings is 1. The third kappa shape index (κ3) is 3.38. The summed E-state index contributed by atoms with van der Waals surface area (Å²) in [6.07, 6.45) is 2.67. The van der Waals surface area contributed by atoms with Gasteiger partial charge in [0.15, 0.2) is 0 Å². The molecule has 1 nitrogen and oxygen atoms in total. The first-order valence-corrected chi connectivity index (χ1v) is 7.55. The Morgan fingerprint density at radius 2 is 2.12 bits per heavy atom. The molecule has 17 heavy (non-hydrogen) atoms. The van der Waals surface area contributed by atoms with E-state index in [2.05, 4.69) is 52.9 Å². The Hall–Kier alpha value is -0.210. The van der Waals surface area contributed by atoms with Crippen molar-refractivity contribution in [1.82, 2.24) is 0 Å². The monoisotopic (exact) mass is 315 g/mol. The van der Waals surface area contributed by atoms with Crippen LogP contribution in [-0.4, -0.2) is 12.6 Å². The summed E-state index contributed by atoms with van der Waals surface area (Å²) in [5.41, 5.74) is 2.48. The highest BCUT2D eigenvalue weighted by Gasteiger charge is 2.29. The van der Waals surface area contributed by atoms with E-state index in [0.717, 1.165) is 22.6 Å². The average molecular weight is 317 g/mol. The number of halogens is 2. The fourth-order valence-electron chi connectivity index (χ4n) is 2.07. The van der Waals surface area contributed by atoms with Crippen molar-refractivity contribution < 1.29 is 0 Å². The van der Waals surface area contributed by atoms with Crippen molar-refractivity contribution in [3.05, 3.63) is 28.2 Å². The van der Waals surface area contributed by atoms with Gasteiger partial charge in [-0.2, -0.15) is 0 Å². The highest BCUT2D eigenvalue weighted by molar-refractivity contribution is 9.10. The lowest BCUT2D eigenvalue weighted by Crippen LogP contribution is -2.29. The summed E-state index contributed by atoms with van der Waals surface area (Å²) >= 11 is 9.48. The lowest BCUT2D eigenvalue weighted by atomic mass is 10.1. The fourth-order valence-corrected chi connectivity index (χ4v) is 2.97. The Morgan fingerprint density at radius 1 is 1.41 bits per heavy atom. The third-order valence-electron chi connectivity index (χ3n) is 3.06. The maximum Gasteiger partial charge on any atom is 0.0485 e. The molecule has 94 valence electrons. The molecule has 0 aliphatic heterocycles. The summed E-state index contributed by atoms with van der Waals surface area (Å²) in [6, 6.07) is 7.29. The van der Waals surface area contributed by atoms with Gasteiger partial charge in [-0.25, -0.2) is 0 Å². The summed E-state index contributed by atoms with van der Waals surface area (Å²) < 4.78 is 1.12. The standard InChI is InChI=1S/C14H19BrClN/c1-10(2)9-17(12-5-6-12)13-4-3-11(8-16)14(15)7-13/h3-4,7,10,12H,5-6,8-9H2,1-2H3. The van der Waals surface area contributed by atoms with E-state index in [1.165, 1.54) is 18.5 Å². The minimum absolute atomic E-state index is 0.564. The Kier molecular flexibility index (Phi) is 4.37. The van der Waals surface area contributed by atoms with E-state index in [9.17, 15) is 0 Å². The molecular formula is C14H19BrClN. The van der Waals surface area contributed by atoms with Gasteiger partial charge in [0.2, 0.25) is 0 Å². The number of alkyl halides is 1. The predicted octanol–water partition coefficient (Wildman–Crippen LogP) is 4.81. The molecule has 0 N–H and O–H groups in total. The van der Waals surface area contributed by atoms with Crippen molar-refractivity contribution in [2.75, 3.05) is 11.4 Å². The molecule has 0 radical (unpaired) electrons. The maximum atomic E-state index is 5.88. The summed E-state index contributed by atoms with van der Waals surface area (Å²) in [5.74, 6) is 1.26. The van der Waals surface area contributed by atoms with Crippen molar-refractivity contribution in [3.63, 3.8) is 0 Å². The molecule has 0 aromatic heterocycles. The number of anilines is 1. The maximum absolute atomic E-state index is 5.88. The second kappa shape index (κ2) is 5.62. The van der Waals surface area contributed by atoms with E-state index >= 15 is 0 Å². The zero-order valence-corrected chi connectivity index (χ0v) is 12.8. The molecule has 0 heterocycles. The first-order valence-electron chi connectivity index (χ1n) is 6.23.